The molecule has 0 saturated heterocycles. The number of fused-ring (bicyclic) bond motifs is 2. The second-order valence-corrected chi connectivity index (χ2v) is 7.50. The molecule has 0 fully saturated rings. The van der Waals surface area contributed by atoms with Crippen molar-refractivity contribution in [1.29, 1.82) is 0 Å². The van der Waals surface area contributed by atoms with E-state index in [0.29, 0.717) is 6.04 Å². The Morgan fingerprint density at radius 2 is 2.00 bits per heavy atom. The van der Waals surface area contributed by atoms with Gasteiger partial charge in [-0.2, -0.15) is 0 Å². The third-order valence-electron chi connectivity index (χ3n) is 5.74. The van der Waals surface area contributed by atoms with Crippen LogP contribution in [0, 0.1) is 0 Å². The molecule has 0 spiro atoms. The van der Waals surface area contributed by atoms with Crippen LogP contribution in [0.4, 0.5) is 0 Å². The van der Waals surface area contributed by atoms with Crippen LogP contribution in [0.3, 0.4) is 0 Å². The molecule has 158 valence electrons. The Balaban J connectivity index is 0.00000150. The summed E-state index contributed by atoms with van der Waals surface area (Å²) < 4.78 is 0. The molecule has 1 aromatic carbocycles. The first-order valence-corrected chi connectivity index (χ1v) is 10.1. The zero-order chi connectivity index (χ0) is 18.6. The number of unbranched alkanes of at least 4 members (excludes halogenated alkanes) is 1. The van der Waals surface area contributed by atoms with Crippen LogP contribution in [-0.4, -0.2) is 32.9 Å². The SMILES string of the molecule is C.C.CC(c1nc2ccccc2[nH]1)N(CCCCN)C1CCCc2cccnc21. The first kappa shape index (κ1) is 23.0. The second-order valence-electron chi connectivity index (χ2n) is 7.50. The minimum atomic E-state index is 0. The first-order valence-electron chi connectivity index (χ1n) is 10.1. The number of aryl methyl sites for hydroxylation is 1. The molecule has 0 bridgehead atoms. The number of nitrogens with one attached hydrogen (secondary N) is 1. The van der Waals surface area contributed by atoms with E-state index < -0.39 is 0 Å². The lowest BCUT2D eigenvalue weighted by molar-refractivity contribution is 0.118. The summed E-state index contributed by atoms with van der Waals surface area (Å²) in [4.78, 5) is 15.8. The van der Waals surface area contributed by atoms with Gasteiger partial charge in [0, 0.05) is 6.20 Å². The lowest BCUT2D eigenvalue weighted by Crippen LogP contribution is -2.35. The smallest absolute Gasteiger partial charge is 0.124 e. The van der Waals surface area contributed by atoms with Crippen LogP contribution in [0.5, 0.6) is 0 Å². The van der Waals surface area contributed by atoms with E-state index in [1.165, 1.54) is 17.7 Å². The number of nitrogens with two attached hydrogens (primary N) is 1. The van der Waals surface area contributed by atoms with Crippen molar-refractivity contribution in [3.8, 4) is 0 Å². The van der Waals surface area contributed by atoms with Gasteiger partial charge in [-0.25, -0.2) is 4.98 Å². The normalized spacial score (nSPS) is 16.7. The number of benzene rings is 1. The van der Waals surface area contributed by atoms with Gasteiger partial charge in [0.05, 0.1) is 28.8 Å². The summed E-state index contributed by atoms with van der Waals surface area (Å²) in [6.45, 7) is 4.01. The standard InChI is InChI=1S/C22H29N5.2CH4/c1-16(22-25-18-10-2-3-11-19(18)26-22)27(15-5-4-13-23)20-12-6-8-17-9-7-14-24-21(17)20;;/h2-3,7,9-11,14,16,20H,4-6,8,12-13,15,23H2,1H3,(H,25,26);2*1H4. The molecule has 4 rings (SSSR count). The van der Waals surface area contributed by atoms with E-state index in [4.69, 9.17) is 15.7 Å². The van der Waals surface area contributed by atoms with Gasteiger partial charge < -0.3 is 10.7 Å². The van der Waals surface area contributed by atoms with Crippen molar-refractivity contribution < 1.29 is 0 Å². The minimum Gasteiger partial charge on any atom is -0.341 e. The number of imidazole rings is 1. The van der Waals surface area contributed by atoms with Gasteiger partial charge in [-0.05, 0) is 75.9 Å². The Kier molecular flexibility index (Phi) is 8.35. The molecule has 5 heteroatoms. The maximum Gasteiger partial charge on any atom is 0.124 e. The van der Waals surface area contributed by atoms with E-state index in [9.17, 15) is 0 Å². The molecule has 2 atom stereocenters. The van der Waals surface area contributed by atoms with Gasteiger partial charge in [-0.3, -0.25) is 9.88 Å². The lowest BCUT2D eigenvalue weighted by atomic mass is 9.90. The first-order chi connectivity index (χ1) is 13.3. The Bertz CT molecular complexity index is 855. The third kappa shape index (κ3) is 4.85. The number of para-hydroxylation sites is 2. The van der Waals surface area contributed by atoms with Crippen LogP contribution < -0.4 is 5.73 Å². The molecule has 1 aliphatic rings. The van der Waals surface area contributed by atoms with Crippen molar-refractivity contribution in [2.75, 3.05) is 13.1 Å². The highest BCUT2D eigenvalue weighted by Gasteiger charge is 2.31. The highest BCUT2D eigenvalue weighted by Crippen LogP contribution is 2.37. The molecule has 0 amide bonds. The number of hydrogen-bond donors (Lipinski definition) is 2. The summed E-state index contributed by atoms with van der Waals surface area (Å²) in [6, 6.07) is 13.1. The third-order valence-corrected chi connectivity index (χ3v) is 5.74. The average Bonchev–Trinajstić information content (AvgIpc) is 3.15. The van der Waals surface area contributed by atoms with Crippen LogP contribution in [0.25, 0.3) is 11.0 Å². The fraction of sp³-hybridized carbons (Fsp3) is 0.500. The number of nitrogens with zero attached hydrogens (tertiary/aromatic N) is 3. The predicted octanol–water partition coefficient (Wildman–Crippen LogP) is 5.41. The van der Waals surface area contributed by atoms with Gasteiger partial charge in [-0.15, -0.1) is 0 Å². The van der Waals surface area contributed by atoms with Crippen molar-refractivity contribution in [1.82, 2.24) is 19.9 Å². The minimum absolute atomic E-state index is 0. The van der Waals surface area contributed by atoms with E-state index in [1.807, 2.05) is 12.3 Å². The number of hydrogen-bond acceptors (Lipinski definition) is 4. The molecule has 2 heterocycles. The summed E-state index contributed by atoms with van der Waals surface area (Å²) >= 11 is 0. The van der Waals surface area contributed by atoms with Gasteiger partial charge >= 0.3 is 0 Å². The van der Waals surface area contributed by atoms with Gasteiger partial charge in [0.1, 0.15) is 5.82 Å². The Hall–Kier alpha value is -2.24. The molecule has 0 radical (unpaired) electrons. The summed E-state index contributed by atoms with van der Waals surface area (Å²) in [6.07, 6.45) is 7.57. The topological polar surface area (TPSA) is 70.8 Å². The fourth-order valence-electron chi connectivity index (χ4n) is 4.29. The lowest BCUT2D eigenvalue weighted by Gasteiger charge is -2.38. The van der Waals surface area contributed by atoms with Crippen LogP contribution in [0.1, 0.15) is 76.6 Å². The van der Waals surface area contributed by atoms with Crippen molar-refractivity contribution in [3.05, 3.63) is 59.7 Å². The van der Waals surface area contributed by atoms with Gasteiger partial charge in [0.2, 0.25) is 0 Å². The Morgan fingerprint density at radius 3 is 2.79 bits per heavy atom. The van der Waals surface area contributed by atoms with Crippen molar-refractivity contribution in [2.45, 2.75) is 66.0 Å². The number of H-pyrrole nitrogens is 1. The highest BCUT2D eigenvalue weighted by molar-refractivity contribution is 5.74. The molecule has 2 aromatic heterocycles. The molecular formula is C24H37N5. The monoisotopic (exact) mass is 395 g/mol. The zero-order valence-electron chi connectivity index (χ0n) is 16.1. The number of rotatable bonds is 7. The highest BCUT2D eigenvalue weighted by atomic mass is 15.2. The van der Waals surface area contributed by atoms with Crippen molar-refractivity contribution in [2.24, 2.45) is 5.73 Å². The van der Waals surface area contributed by atoms with Crippen LogP contribution in [0.2, 0.25) is 0 Å². The molecule has 0 saturated carbocycles. The van der Waals surface area contributed by atoms with Crippen LogP contribution in [0.15, 0.2) is 42.6 Å². The molecule has 0 aliphatic heterocycles. The average molecular weight is 396 g/mol. The predicted molar refractivity (Wildman–Crippen MR) is 123 cm³/mol. The summed E-state index contributed by atoms with van der Waals surface area (Å²) in [5.41, 5.74) is 10.5. The number of pyridine rings is 1. The Labute approximate surface area is 175 Å². The van der Waals surface area contributed by atoms with Crippen LogP contribution in [-0.2, 0) is 6.42 Å². The molecule has 1 aliphatic carbocycles. The molecule has 5 nitrogen and oxygen atoms in total. The maximum atomic E-state index is 5.76. The summed E-state index contributed by atoms with van der Waals surface area (Å²) in [7, 11) is 0. The van der Waals surface area contributed by atoms with Gasteiger partial charge in [0.15, 0.2) is 0 Å². The zero-order valence-corrected chi connectivity index (χ0v) is 16.1. The maximum absolute atomic E-state index is 5.76. The fourth-order valence-corrected chi connectivity index (χ4v) is 4.29. The van der Waals surface area contributed by atoms with Crippen LogP contribution >= 0.6 is 0 Å². The summed E-state index contributed by atoms with van der Waals surface area (Å²) in [5.74, 6) is 1.03. The molecular weight excluding hydrogens is 358 g/mol. The van der Waals surface area contributed by atoms with Gasteiger partial charge in [-0.1, -0.05) is 33.1 Å². The van der Waals surface area contributed by atoms with Crippen molar-refractivity contribution in [3.63, 3.8) is 0 Å². The van der Waals surface area contributed by atoms with Gasteiger partial charge in [0.25, 0.3) is 0 Å². The van der Waals surface area contributed by atoms with E-state index in [0.717, 1.165) is 55.6 Å². The molecule has 2 unspecified atom stereocenters. The number of aromatic amines is 1. The quantitative estimate of drug-likeness (QED) is 0.525. The van der Waals surface area contributed by atoms with Crippen molar-refractivity contribution >= 4 is 11.0 Å². The summed E-state index contributed by atoms with van der Waals surface area (Å²) in [5, 5.41) is 0. The molecule has 3 N–H and O–H groups in total. The van der Waals surface area contributed by atoms with E-state index in [-0.39, 0.29) is 20.9 Å². The second kappa shape index (κ2) is 10.5. The Morgan fingerprint density at radius 1 is 1.17 bits per heavy atom. The largest absolute Gasteiger partial charge is 0.341 e. The molecule has 3 aromatic rings. The van der Waals surface area contributed by atoms with E-state index >= 15 is 0 Å². The van der Waals surface area contributed by atoms with E-state index in [1.54, 1.807) is 0 Å². The molecule has 29 heavy (non-hydrogen) atoms. The number of aromatic nitrogens is 3. The van der Waals surface area contributed by atoms with E-state index in [2.05, 4.69) is 47.1 Å².